The van der Waals surface area contributed by atoms with Crippen molar-refractivity contribution in [3.8, 4) is 11.3 Å². The van der Waals surface area contributed by atoms with E-state index in [1.165, 1.54) is 6.26 Å². The SMILES string of the molecule is CCOC(=O)c1c(-c2ccco2)csc1NC(=O)COC(=O)[C@H]1CCCO1. The molecule has 1 aliphatic rings. The average Bonchev–Trinajstić information content (AvgIpc) is 3.40. The van der Waals surface area contributed by atoms with Crippen LogP contribution >= 0.6 is 11.3 Å². The molecule has 0 aliphatic carbocycles. The van der Waals surface area contributed by atoms with Crippen LogP contribution < -0.4 is 5.32 Å². The predicted octanol–water partition coefficient (Wildman–Crippen LogP) is 2.85. The summed E-state index contributed by atoms with van der Waals surface area (Å²) in [4.78, 5) is 36.3. The molecule has 1 N–H and O–H groups in total. The van der Waals surface area contributed by atoms with Crippen molar-refractivity contribution in [1.82, 2.24) is 0 Å². The fourth-order valence-corrected chi connectivity index (χ4v) is 3.58. The van der Waals surface area contributed by atoms with Crippen molar-refractivity contribution >= 4 is 34.2 Å². The zero-order chi connectivity index (χ0) is 19.2. The van der Waals surface area contributed by atoms with E-state index in [1.807, 2.05) is 0 Å². The number of hydrogen-bond acceptors (Lipinski definition) is 8. The van der Waals surface area contributed by atoms with Crippen LogP contribution in [0.25, 0.3) is 11.3 Å². The Hall–Kier alpha value is -2.65. The van der Waals surface area contributed by atoms with Gasteiger partial charge < -0.3 is 23.9 Å². The monoisotopic (exact) mass is 393 g/mol. The minimum absolute atomic E-state index is 0.193. The summed E-state index contributed by atoms with van der Waals surface area (Å²) in [7, 11) is 0. The van der Waals surface area contributed by atoms with Gasteiger partial charge in [-0.3, -0.25) is 4.79 Å². The van der Waals surface area contributed by atoms with Crippen LogP contribution in [0.1, 0.15) is 30.1 Å². The van der Waals surface area contributed by atoms with Crippen LogP contribution in [-0.4, -0.2) is 43.8 Å². The Morgan fingerprint density at radius 2 is 2.19 bits per heavy atom. The third-order valence-corrected chi connectivity index (χ3v) is 4.74. The molecule has 0 spiro atoms. The van der Waals surface area contributed by atoms with E-state index in [1.54, 1.807) is 24.4 Å². The first-order valence-electron chi connectivity index (χ1n) is 8.50. The van der Waals surface area contributed by atoms with Crippen LogP contribution in [0.4, 0.5) is 5.00 Å². The topological polar surface area (TPSA) is 104 Å². The van der Waals surface area contributed by atoms with E-state index >= 15 is 0 Å². The molecule has 2 aromatic heterocycles. The molecule has 0 saturated carbocycles. The smallest absolute Gasteiger partial charge is 0.341 e. The molecule has 0 unspecified atom stereocenters. The molecule has 2 aromatic rings. The maximum atomic E-state index is 12.4. The zero-order valence-corrected chi connectivity index (χ0v) is 15.5. The number of anilines is 1. The molecule has 8 nitrogen and oxygen atoms in total. The molecule has 9 heteroatoms. The summed E-state index contributed by atoms with van der Waals surface area (Å²) in [6.45, 7) is 1.94. The van der Waals surface area contributed by atoms with E-state index in [0.717, 1.165) is 17.8 Å². The van der Waals surface area contributed by atoms with E-state index in [4.69, 9.17) is 18.6 Å². The van der Waals surface area contributed by atoms with Crippen molar-refractivity contribution in [2.75, 3.05) is 25.1 Å². The number of ether oxygens (including phenoxy) is 3. The van der Waals surface area contributed by atoms with E-state index in [9.17, 15) is 14.4 Å². The Morgan fingerprint density at radius 1 is 1.33 bits per heavy atom. The van der Waals surface area contributed by atoms with E-state index in [-0.39, 0.29) is 12.2 Å². The normalized spacial score (nSPS) is 16.1. The molecule has 3 heterocycles. The first-order valence-corrected chi connectivity index (χ1v) is 9.38. The van der Waals surface area contributed by atoms with Gasteiger partial charge in [-0.25, -0.2) is 9.59 Å². The van der Waals surface area contributed by atoms with Crippen LogP contribution in [0, 0.1) is 0 Å². The number of carbonyl (C=O) groups is 3. The van der Waals surface area contributed by atoms with Crippen molar-refractivity contribution < 1.29 is 33.0 Å². The third kappa shape index (κ3) is 4.55. The number of carbonyl (C=O) groups excluding carboxylic acids is 3. The second-order valence-electron chi connectivity index (χ2n) is 5.71. The summed E-state index contributed by atoms with van der Waals surface area (Å²) in [5.74, 6) is -1.20. The van der Waals surface area contributed by atoms with Gasteiger partial charge in [0.05, 0.1) is 12.9 Å². The van der Waals surface area contributed by atoms with Crippen LogP contribution in [0.2, 0.25) is 0 Å². The summed E-state index contributed by atoms with van der Waals surface area (Å²) in [5.41, 5.74) is 0.728. The molecule has 1 fully saturated rings. The summed E-state index contributed by atoms with van der Waals surface area (Å²) in [5, 5.41) is 4.59. The number of nitrogens with one attached hydrogen (secondary N) is 1. The Kier molecular flexibility index (Phi) is 6.25. The van der Waals surface area contributed by atoms with Gasteiger partial charge in [0, 0.05) is 17.6 Å². The third-order valence-electron chi connectivity index (χ3n) is 3.85. The fourth-order valence-electron chi connectivity index (χ4n) is 2.62. The van der Waals surface area contributed by atoms with E-state index in [0.29, 0.717) is 29.4 Å². The molecule has 144 valence electrons. The molecule has 1 aliphatic heterocycles. The van der Waals surface area contributed by atoms with Gasteiger partial charge in [0.2, 0.25) is 0 Å². The highest BCUT2D eigenvalue weighted by Crippen LogP contribution is 2.36. The molecule has 1 saturated heterocycles. The molecule has 3 rings (SSSR count). The summed E-state index contributed by atoms with van der Waals surface area (Å²) >= 11 is 1.16. The van der Waals surface area contributed by atoms with Crippen molar-refractivity contribution in [1.29, 1.82) is 0 Å². The summed E-state index contributed by atoms with van der Waals surface area (Å²) < 4.78 is 20.6. The van der Waals surface area contributed by atoms with Gasteiger partial charge in [-0.1, -0.05) is 0 Å². The highest BCUT2D eigenvalue weighted by Gasteiger charge is 2.27. The first-order chi connectivity index (χ1) is 13.1. The Labute approximate surface area is 159 Å². The van der Waals surface area contributed by atoms with Crippen LogP contribution in [0.3, 0.4) is 0 Å². The van der Waals surface area contributed by atoms with Crippen molar-refractivity contribution in [3.63, 3.8) is 0 Å². The van der Waals surface area contributed by atoms with Gasteiger partial charge in [-0.05, 0) is 31.9 Å². The van der Waals surface area contributed by atoms with Crippen molar-refractivity contribution in [2.24, 2.45) is 0 Å². The lowest BCUT2D eigenvalue weighted by Crippen LogP contribution is -2.27. The first kappa shape index (κ1) is 19.1. The average molecular weight is 393 g/mol. The highest BCUT2D eigenvalue weighted by molar-refractivity contribution is 7.15. The molecule has 27 heavy (non-hydrogen) atoms. The molecular formula is C18H19NO7S. The number of furan rings is 1. The standard InChI is InChI=1S/C18H19NO7S/c1-2-23-18(22)15-11(12-5-3-7-24-12)10-27-16(15)19-14(20)9-26-17(21)13-6-4-8-25-13/h3,5,7,10,13H,2,4,6,8-9H2,1H3,(H,19,20)/t13-/m1/s1. The molecule has 1 amide bonds. The molecular weight excluding hydrogens is 374 g/mol. The summed E-state index contributed by atoms with van der Waals surface area (Å²) in [6, 6.07) is 3.41. The minimum atomic E-state index is -0.611. The van der Waals surface area contributed by atoms with Crippen molar-refractivity contribution in [3.05, 3.63) is 29.3 Å². The van der Waals surface area contributed by atoms with E-state index < -0.39 is 30.6 Å². The number of amides is 1. The second kappa shape index (κ2) is 8.83. The number of hydrogen-bond donors (Lipinski definition) is 1. The number of rotatable bonds is 7. The Bertz CT molecular complexity index is 806. The minimum Gasteiger partial charge on any atom is -0.464 e. The number of thiophene rings is 1. The predicted molar refractivity (Wildman–Crippen MR) is 96.5 cm³/mol. The maximum Gasteiger partial charge on any atom is 0.341 e. The van der Waals surface area contributed by atoms with Gasteiger partial charge in [0.1, 0.15) is 16.3 Å². The lowest BCUT2D eigenvalue weighted by molar-refractivity contribution is -0.156. The van der Waals surface area contributed by atoms with Crippen molar-refractivity contribution in [2.45, 2.75) is 25.9 Å². The molecule has 0 aromatic carbocycles. The maximum absolute atomic E-state index is 12.4. The van der Waals surface area contributed by atoms with Crippen LogP contribution in [-0.2, 0) is 23.8 Å². The Balaban J connectivity index is 1.69. The molecule has 0 bridgehead atoms. The number of esters is 2. The Morgan fingerprint density at radius 3 is 2.85 bits per heavy atom. The van der Waals surface area contributed by atoms with Gasteiger partial charge in [-0.15, -0.1) is 11.3 Å². The van der Waals surface area contributed by atoms with Crippen LogP contribution in [0.5, 0.6) is 0 Å². The quantitative estimate of drug-likeness (QED) is 0.721. The molecule has 0 radical (unpaired) electrons. The van der Waals surface area contributed by atoms with Gasteiger partial charge in [0.25, 0.3) is 5.91 Å². The van der Waals surface area contributed by atoms with Gasteiger partial charge >= 0.3 is 11.9 Å². The zero-order valence-electron chi connectivity index (χ0n) is 14.7. The molecule has 1 atom stereocenters. The highest BCUT2D eigenvalue weighted by atomic mass is 32.1. The van der Waals surface area contributed by atoms with E-state index in [2.05, 4.69) is 5.32 Å². The second-order valence-corrected chi connectivity index (χ2v) is 6.59. The lowest BCUT2D eigenvalue weighted by Gasteiger charge is -2.10. The van der Waals surface area contributed by atoms with Crippen LogP contribution in [0.15, 0.2) is 28.2 Å². The van der Waals surface area contributed by atoms with Gasteiger partial charge in [0.15, 0.2) is 12.7 Å². The lowest BCUT2D eigenvalue weighted by atomic mass is 10.1. The summed E-state index contributed by atoms with van der Waals surface area (Å²) in [6.07, 6.45) is 2.26. The largest absolute Gasteiger partial charge is 0.464 e. The fraction of sp³-hybridized carbons (Fsp3) is 0.389. The van der Waals surface area contributed by atoms with Gasteiger partial charge in [-0.2, -0.15) is 0 Å².